The van der Waals surface area contributed by atoms with E-state index in [9.17, 15) is 13.2 Å². The Morgan fingerprint density at radius 2 is 1.85 bits per heavy atom. The molecule has 0 atom stereocenters. The number of hydrogen-bond acceptors (Lipinski definition) is 2. The fourth-order valence-corrected chi connectivity index (χ4v) is 3.82. The van der Waals surface area contributed by atoms with Crippen molar-refractivity contribution in [1.82, 2.24) is 4.98 Å². The summed E-state index contributed by atoms with van der Waals surface area (Å²) in [6.07, 6.45) is 0.0224. The molecule has 0 saturated carbocycles. The smallest absolute Gasteiger partial charge is 0.354 e. The third-order valence-electron chi connectivity index (χ3n) is 4.49. The third-order valence-corrected chi connectivity index (χ3v) is 5.29. The van der Waals surface area contributed by atoms with E-state index in [1.54, 1.807) is 11.8 Å². The number of hydrogen-bond donors (Lipinski definition) is 2. The number of H-pyrrole nitrogens is 1. The van der Waals surface area contributed by atoms with E-state index in [0.29, 0.717) is 18.4 Å². The van der Waals surface area contributed by atoms with Crippen LogP contribution in [0.3, 0.4) is 0 Å². The number of aromatic amines is 1. The zero-order chi connectivity index (χ0) is 18.7. The molecule has 0 unspecified atom stereocenters. The van der Waals surface area contributed by atoms with Crippen LogP contribution in [0.4, 0.5) is 13.2 Å². The van der Waals surface area contributed by atoms with Crippen LogP contribution in [0.15, 0.2) is 47.4 Å². The summed E-state index contributed by atoms with van der Waals surface area (Å²) in [4.78, 5) is 4.44. The predicted molar refractivity (Wildman–Crippen MR) is 103 cm³/mol. The fraction of sp³-hybridized carbons (Fsp3) is 0.300. The highest BCUT2D eigenvalue weighted by atomic mass is 32.2. The van der Waals surface area contributed by atoms with Crippen LogP contribution in [-0.2, 0) is 12.6 Å². The van der Waals surface area contributed by atoms with E-state index in [-0.39, 0.29) is 0 Å². The molecule has 1 heterocycles. The van der Waals surface area contributed by atoms with Crippen molar-refractivity contribution in [3.63, 3.8) is 0 Å². The van der Waals surface area contributed by atoms with Gasteiger partial charge in [-0.1, -0.05) is 18.2 Å². The molecule has 3 aromatic rings. The first-order valence-corrected chi connectivity index (χ1v) is 9.73. The summed E-state index contributed by atoms with van der Waals surface area (Å²) in [5, 5.41) is 0.641. The molecule has 1 aromatic heterocycles. The lowest BCUT2D eigenvalue weighted by molar-refractivity contribution is -0.137. The van der Waals surface area contributed by atoms with E-state index in [2.05, 4.69) is 4.98 Å². The van der Waals surface area contributed by atoms with Gasteiger partial charge in [-0.05, 0) is 61.9 Å². The lowest BCUT2D eigenvalue weighted by atomic mass is 9.99. The molecule has 0 spiro atoms. The maximum atomic E-state index is 13.2. The maximum absolute atomic E-state index is 13.2. The summed E-state index contributed by atoms with van der Waals surface area (Å²) in [7, 11) is 0. The minimum atomic E-state index is -4.35. The maximum Gasteiger partial charge on any atom is 0.416 e. The number of alkyl halides is 3. The van der Waals surface area contributed by atoms with Crippen LogP contribution in [0, 0.1) is 0 Å². The third kappa shape index (κ3) is 3.76. The van der Waals surface area contributed by atoms with Gasteiger partial charge in [0.15, 0.2) is 0 Å². The van der Waals surface area contributed by atoms with Crippen LogP contribution < -0.4 is 5.73 Å². The van der Waals surface area contributed by atoms with E-state index < -0.39 is 11.7 Å². The molecule has 0 bridgehead atoms. The quantitative estimate of drug-likeness (QED) is 0.417. The Kier molecular flexibility index (Phi) is 5.63. The van der Waals surface area contributed by atoms with Gasteiger partial charge in [-0.25, -0.2) is 0 Å². The van der Waals surface area contributed by atoms with Crippen LogP contribution in [-0.4, -0.2) is 17.8 Å². The second-order valence-electron chi connectivity index (χ2n) is 6.18. The first-order valence-electron chi connectivity index (χ1n) is 8.51. The van der Waals surface area contributed by atoms with E-state index in [4.69, 9.17) is 5.73 Å². The summed E-state index contributed by atoms with van der Waals surface area (Å²) in [5.41, 5.74) is 8.56. The van der Waals surface area contributed by atoms with Crippen molar-refractivity contribution in [1.29, 1.82) is 0 Å². The number of nitrogens with two attached hydrogens (primary N) is 1. The molecule has 3 rings (SSSR count). The number of aryl methyl sites for hydroxylation is 1. The number of nitrogens with one attached hydrogen (secondary N) is 1. The molecule has 0 radical (unpaired) electrons. The number of rotatable bonds is 6. The topological polar surface area (TPSA) is 41.8 Å². The molecular formula is C20H21F3N2S. The van der Waals surface area contributed by atoms with Crippen LogP contribution in [0.2, 0.25) is 0 Å². The lowest BCUT2D eigenvalue weighted by Crippen LogP contribution is -2.04. The fourth-order valence-electron chi connectivity index (χ4n) is 3.21. The number of thioether (sulfide) groups is 1. The summed E-state index contributed by atoms with van der Waals surface area (Å²) in [6, 6.07) is 11.9. The van der Waals surface area contributed by atoms with E-state index in [1.165, 1.54) is 12.1 Å². The minimum absolute atomic E-state index is 0.576. The van der Waals surface area contributed by atoms with Crippen molar-refractivity contribution in [2.24, 2.45) is 5.73 Å². The highest BCUT2D eigenvalue weighted by molar-refractivity contribution is 7.98. The Hall–Kier alpha value is -1.92. The average Bonchev–Trinajstić information content (AvgIpc) is 2.99. The van der Waals surface area contributed by atoms with Crippen molar-refractivity contribution in [2.75, 3.05) is 12.8 Å². The van der Waals surface area contributed by atoms with Crippen LogP contribution in [0.1, 0.15) is 24.0 Å². The first-order chi connectivity index (χ1) is 12.5. The Bertz CT molecular complexity index is 900. The van der Waals surface area contributed by atoms with Gasteiger partial charge in [0.05, 0.1) is 11.3 Å². The monoisotopic (exact) mass is 378 g/mol. The number of halogens is 3. The molecule has 0 amide bonds. The van der Waals surface area contributed by atoms with Gasteiger partial charge < -0.3 is 10.7 Å². The number of unbranched alkanes of at least 4 members (excludes halogenated alkanes) is 1. The standard InChI is InChI=1S/C20H21F3N2S/c1-26-18-8-3-2-7-15(18)19-14(6-4-5-11-24)16-12-13(20(21,22)23)9-10-17(16)25-19/h2-3,7-10,12,25H,4-6,11,24H2,1H3. The lowest BCUT2D eigenvalue weighted by Gasteiger charge is -2.10. The van der Waals surface area contributed by atoms with Crippen LogP contribution in [0.5, 0.6) is 0 Å². The van der Waals surface area contributed by atoms with Crippen molar-refractivity contribution in [3.8, 4) is 11.3 Å². The Morgan fingerprint density at radius 3 is 2.54 bits per heavy atom. The van der Waals surface area contributed by atoms with Gasteiger partial charge in [0.1, 0.15) is 0 Å². The summed E-state index contributed by atoms with van der Waals surface area (Å²) < 4.78 is 39.5. The van der Waals surface area contributed by atoms with Crippen LogP contribution >= 0.6 is 11.8 Å². The summed E-state index contributed by atoms with van der Waals surface area (Å²) in [6.45, 7) is 0.576. The van der Waals surface area contributed by atoms with E-state index in [0.717, 1.165) is 46.1 Å². The van der Waals surface area contributed by atoms with Gasteiger partial charge >= 0.3 is 6.18 Å². The van der Waals surface area contributed by atoms with Crippen molar-refractivity contribution >= 4 is 22.7 Å². The molecule has 0 aliphatic heterocycles. The molecule has 0 saturated heterocycles. The van der Waals surface area contributed by atoms with Crippen molar-refractivity contribution < 1.29 is 13.2 Å². The number of benzene rings is 2. The van der Waals surface area contributed by atoms with Gasteiger partial charge in [0.2, 0.25) is 0 Å². The largest absolute Gasteiger partial charge is 0.416 e. The summed E-state index contributed by atoms with van der Waals surface area (Å²) >= 11 is 1.62. The predicted octanol–water partition coefficient (Wildman–Crippen LogP) is 5.86. The Morgan fingerprint density at radius 1 is 1.08 bits per heavy atom. The number of fused-ring (bicyclic) bond motifs is 1. The Labute approximate surface area is 155 Å². The van der Waals surface area contributed by atoms with Gasteiger partial charge in [0, 0.05) is 21.4 Å². The molecule has 0 aliphatic rings. The van der Waals surface area contributed by atoms with E-state index in [1.807, 2.05) is 30.5 Å². The molecule has 0 fully saturated rings. The highest BCUT2D eigenvalue weighted by Gasteiger charge is 2.31. The normalized spacial score (nSPS) is 12.0. The highest BCUT2D eigenvalue weighted by Crippen LogP contribution is 2.38. The average molecular weight is 378 g/mol. The van der Waals surface area contributed by atoms with Crippen molar-refractivity contribution in [3.05, 3.63) is 53.6 Å². The van der Waals surface area contributed by atoms with Gasteiger partial charge in [-0.15, -0.1) is 11.8 Å². The second kappa shape index (κ2) is 7.76. The van der Waals surface area contributed by atoms with E-state index >= 15 is 0 Å². The van der Waals surface area contributed by atoms with Crippen LogP contribution in [0.25, 0.3) is 22.2 Å². The molecule has 0 aliphatic carbocycles. The first kappa shape index (κ1) is 18.9. The summed E-state index contributed by atoms with van der Waals surface area (Å²) in [5.74, 6) is 0. The van der Waals surface area contributed by atoms with Gasteiger partial charge in [-0.3, -0.25) is 0 Å². The van der Waals surface area contributed by atoms with Gasteiger partial charge in [-0.2, -0.15) is 13.2 Å². The van der Waals surface area contributed by atoms with Crippen molar-refractivity contribution in [2.45, 2.75) is 30.3 Å². The zero-order valence-electron chi connectivity index (χ0n) is 14.5. The molecular weight excluding hydrogens is 357 g/mol. The second-order valence-corrected chi connectivity index (χ2v) is 7.03. The number of aromatic nitrogens is 1. The van der Waals surface area contributed by atoms with Gasteiger partial charge in [0.25, 0.3) is 0 Å². The molecule has 6 heteroatoms. The molecule has 26 heavy (non-hydrogen) atoms. The molecule has 2 aromatic carbocycles. The molecule has 2 nitrogen and oxygen atoms in total. The zero-order valence-corrected chi connectivity index (χ0v) is 15.3. The Balaban J connectivity index is 2.19. The molecule has 3 N–H and O–H groups in total. The molecule has 138 valence electrons. The SMILES string of the molecule is CSc1ccccc1-c1[nH]c2ccc(C(F)(F)F)cc2c1CCCCN. The minimum Gasteiger partial charge on any atom is -0.354 e.